The smallest absolute Gasteiger partial charge is 0.368 e. The fraction of sp³-hybridized carbons (Fsp3) is 0.192. The molecule has 1 aromatic heterocycles. The number of aryl methyl sites for hydroxylation is 1. The Hall–Kier alpha value is -3.98. The van der Waals surface area contributed by atoms with E-state index >= 15 is 0 Å². The number of benzene rings is 3. The van der Waals surface area contributed by atoms with Gasteiger partial charge in [-0.15, -0.1) is 0 Å². The predicted octanol–water partition coefficient (Wildman–Crippen LogP) is 5.52. The molecule has 3 N–H and O–H groups in total. The highest BCUT2D eigenvalue weighted by atomic mass is 19.4. The van der Waals surface area contributed by atoms with Crippen LogP contribution >= 0.6 is 0 Å². The van der Waals surface area contributed by atoms with Crippen LogP contribution in [-0.4, -0.2) is 34.9 Å². The summed E-state index contributed by atoms with van der Waals surface area (Å²) in [5, 5.41) is 3.39. The number of aromatic nitrogens is 2. The Morgan fingerprint density at radius 3 is 2.54 bits per heavy atom. The second-order valence-electron chi connectivity index (χ2n) is 8.59. The van der Waals surface area contributed by atoms with E-state index in [2.05, 4.69) is 15.3 Å². The fourth-order valence-corrected chi connectivity index (χ4v) is 3.89. The minimum absolute atomic E-state index is 0.0763. The number of alkyl halides is 3. The quantitative estimate of drug-likeness (QED) is 0.394. The molecule has 0 radical (unpaired) electrons. The van der Waals surface area contributed by atoms with Crippen molar-refractivity contribution >= 4 is 28.4 Å². The minimum atomic E-state index is -4.53. The average molecular weight is 480 g/mol. The zero-order valence-electron chi connectivity index (χ0n) is 19.4. The topological polar surface area (TPSA) is 84.1 Å². The van der Waals surface area contributed by atoms with Crippen LogP contribution in [0.4, 0.5) is 24.8 Å². The van der Waals surface area contributed by atoms with Crippen molar-refractivity contribution in [1.82, 2.24) is 14.9 Å². The molecular formula is C26H24F3N5O. The normalized spacial score (nSPS) is 11.7. The van der Waals surface area contributed by atoms with Crippen molar-refractivity contribution in [2.75, 3.05) is 25.1 Å². The predicted molar refractivity (Wildman–Crippen MR) is 131 cm³/mol. The first-order valence-corrected chi connectivity index (χ1v) is 10.8. The van der Waals surface area contributed by atoms with Crippen LogP contribution in [0.5, 0.6) is 0 Å². The van der Waals surface area contributed by atoms with E-state index in [1.165, 1.54) is 12.1 Å². The first kappa shape index (κ1) is 24.2. The lowest BCUT2D eigenvalue weighted by Gasteiger charge is -2.18. The summed E-state index contributed by atoms with van der Waals surface area (Å²) in [6.45, 7) is 2.05. The van der Waals surface area contributed by atoms with E-state index in [0.717, 1.165) is 28.1 Å². The van der Waals surface area contributed by atoms with Gasteiger partial charge in [0, 0.05) is 29.4 Å². The number of nitrogen functional groups attached to an aromatic ring is 1. The van der Waals surface area contributed by atoms with Gasteiger partial charge < -0.3 is 16.0 Å². The van der Waals surface area contributed by atoms with Gasteiger partial charge in [-0.25, -0.2) is 9.97 Å². The molecular weight excluding hydrogens is 455 g/mol. The van der Waals surface area contributed by atoms with Gasteiger partial charge in [0.05, 0.1) is 11.1 Å². The number of nitrogens with one attached hydrogen (secondary N) is 1. The lowest BCUT2D eigenvalue weighted by Crippen LogP contribution is -2.18. The van der Waals surface area contributed by atoms with Crippen molar-refractivity contribution < 1.29 is 18.0 Å². The monoisotopic (exact) mass is 479 g/mol. The zero-order valence-corrected chi connectivity index (χ0v) is 19.4. The molecule has 0 aliphatic heterocycles. The molecule has 0 atom stereocenters. The maximum Gasteiger partial charge on any atom is 0.416 e. The summed E-state index contributed by atoms with van der Waals surface area (Å²) >= 11 is 0. The van der Waals surface area contributed by atoms with Gasteiger partial charge in [0.15, 0.2) is 0 Å². The molecule has 0 unspecified atom stereocenters. The molecule has 6 nitrogen and oxygen atoms in total. The number of anilines is 2. The molecule has 0 saturated heterocycles. The van der Waals surface area contributed by atoms with Crippen molar-refractivity contribution in [3.63, 3.8) is 0 Å². The number of hydrogen-bond acceptors (Lipinski definition) is 5. The Bertz CT molecular complexity index is 1420. The Labute approximate surface area is 200 Å². The largest absolute Gasteiger partial charge is 0.416 e. The summed E-state index contributed by atoms with van der Waals surface area (Å²) in [4.78, 5) is 22.8. The van der Waals surface area contributed by atoms with E-state index < -0.39 is 17.6 Å². The third kappa shape index (κ3) is 5.41. The third-order valence-electron chi connectivity index (χ3n) is 5.57. The minimum Gasteiger partial charge on any atom is -0.368 e. The van der Waals surface area contributed by atoms with E-state index in [0.29, 0.717) is 11.1 Å². The van der Waals surface area contributed by atoms with Gasteiger partial charge in [0.2, 0.25) is 5.95 Å². The highest BCUT2D eigenvalue weighted by Gasteiger charge is 2.33. The van der Waals surface area contributed by atoms with Crippen LogP contribution in [0, 0.1) is 6.92 Å². The molecule has 1 heterocycles. The summed E-state index contributed by atoms with van der Waals surface area (Å²) in [5.41, 5.74) is 8.71. The highest BCUT2D eigenvalue weighted by Crippen LogP contribution is 2.34. The SMILES string of the molecule is Cc1ccc(C(=O)Nc2ccc(CN(C)C)c(C(F)(F)F)c2)cc1-c1ccc2nc(N)ncc2c1. The second kappa shape index (κ2) is 9.34. The average Bonchev–Trinajstić information content (AvgIpc) is 2.79. The molecule has 0 fully saturated rings. The van der Waals surface area contributed by atoms with Crippen molar-refractivity contribution in [3.8, 4) is 11.1 Å². The molecule has 0 aliphatic carbocycles. The van der Waals surface area contributed by atoms with Crippen LogP contribution < -0.4 is 11.1 Å². The Balaban J connectivity index is 1.64. The van der Waals surface area contributed by atoms with E-state index in [1.807, 2.05) is 25.1 Å². The van der Waals surface area contributed by atoms with Crippen LogP contribution in [0.3, 0.4) is 0 Å². The van der Waals surface area contributed by atoms with Gasteiger partial charge >= 0.3 is 6.18 Å². The van der Waals surface area contributed by atoms with Crippen molar-refractivity contribution in [2.24, 2.45) is 0 Å². The molecule has 1 amide bonds. The number of amides is 1. The van der Waals surface area contributed by atoms with E-state index in [9.17, 15) is 18.0 Å². The van der Waals surface area contributed by atoms with Crippen LogP contribution in [0.25, 0.3) is 22.0 Å². The Morgan fingerprint density at radius 1 is 1.06 bits per heavy atom. The first-order chi connectivity index (χ1) is 16.5. The summed E-state index contributed by atoms with van der Waals surface area (Å²) in [6, 6.07) is 14.6. The molecule has 35 heavy (non-hydrogen) atoms. The number of nitrogens with two attached hydrogens (primary N) is 1. The molecule has 180 valence electrons. The zero-order chi connectivity index (χ0) is 25.3. The number of halogens is 3. The van der Waals surface area contributed by atoms with E-state index in [-0.39, 0.29) is 23.7 Å². The van der Waals surface area contributed by atoms with Crippen LogP contribution in [0.2, 0.25) is 0 Å². The molecule has 9 heteroatoms. The van der Waals surface area contributed by atoms with Crippen molar-refractivity contribution in [2.45, 2.75) is 19.6 Å². The summed E-state index contributed by atoms with van der Waals surface area (Å²) in [7, 11) is 3.39. The number of hydrogen-bond donors (Lipinski definition) is 2. The van der Waals surface area contributed by atoms with Crippen LogP contribution in [-0.2, 0) is 12.7 Å². The van der Waals surface area contributed by atoms with Crippen LogP contribution in [0.15, 0.2) is 60.8 Å². The molecule has 0 spiro atoms. The van der Waals surface area contributed by atoms with E-state index in [1.54, 1.807) is 43.4 Å². The van der Waals surface area contributed by atoms with Gasteiger partial charge in [0.1, 0.15) is 0 Å². The number of fused-ring (bicyclic) bond motifs is 1. The van der Waals surface area contributed by atoms with Gasteiger partial charge in [-0.3, -0.25) is 4.79 Å². The molecule has 4 aromatic rings. The first-order valence-electron chi connectivity index (χ1n) is 10.8. The Morgan fingerprint density at radius 2 is 1.83 bits per heavy atom. The molecule has 0 bridgehead atoms. The van der Waals surface area contributed by atoms with Crippen LogP contribution in [0.1, 0.15) is 27.0 Å². The standard InChI is InChI=1S/C26H24F3N5O/c1-15-4-5-17(11-21(15)16-7-9-23-19(10-16)13-31-25(30)33-23)24(35)32-20-8-6-18(14-34(2)3)22(12-20)26(27,28)29/h4-13H,14H2,1-3H3,(H,32,35)(H2,30,31,33). The van der Waals surface area contributed by atoms with Crippen molar-refractivity contribution in [1.29, 1.82) is 0 Å². The second-order valence-corrected chi connectivity index (χ2v) is 8.59. The lowest BCUT2D eigenvalue weighted by atomic mass is 9.97. The van der Waals surface area contributed by atoms with Gasteiger partial charge in [-0.1, -0.05) is 18.2 Å². The maximum absolute atomic E-state index is 13.6. The Kier molecular flexibility index (Phi) is 6.45. The fourth-order valence-electron chi connectivity index (χ4n) is 3.89. The van der Waals surface area contributed by atoms with Gasteiger partial charge in [0.25, 0.3) is 5.91 Å². The van der Waals surface area contributed by atoms with E-state index in [4.69, 9.17) is 5.73 Å². The van der Waals surface area contributed by atoms with Crippen molar-refractivity contribution in [3.05, 3.63) is 83.0 Å². The number of nitrogens with zero attached hydrogens (tertiary/aromatic N) is 3. The number of carbonyl (C=O) groups excluding carboxylic acids is 1. The molecule has 3 aromatic carbocycles. The summed E-state index contributed by atoms with van der Waals surface area (Å²) in [5.74, 6) is -0.319. The lowest BCUT2D eigenvalue weighted by molar-refractivity contribution is -0.138. The van der Waals surface area contributed by atoms with Gasteiger partial charge in [-0.2, -0.15) is 13.2 Å². The number of rotatable bonds is 5. The molecule has 0 aliphatic rings. The number of carbonyl (C=O) groups is 1. The molecule has 0 saturated carbocycles. The third-order valence-corrected chi connectivity index (χ3v) is 5.57. The highest BCUT2D eigenvalue weighted by molar-refractivity contribution is 6.05. The maximum atomic E-state index is 13.6. The van der Waals surface area contributed by atoms with Gasteiger partial charge in [-0.05, 0) is 79.7 Å². The summed E-state index contributed by atoms with van der Waals surface area (Å²) in [6.07, 6.45) is -2.90. The summed E-state index contributed by atoms with van der Waals surface area (Å²) < 4.78 is 40.8. The molecule has 4 rings (SSSR count).